The molecule has 4 heteroatoms. The average molecular weight is 432 g/mol. The van der Waals surface area contributed by atoms with Crippen molar-refractivity contribution in [1.29, 1.82) is 0 Å². The monoisotopic (exact) mass is 430 g/mol. The minimum atomic E-state index is 0. The summed E-state index contributed by atoms with van der Waals surface area (Å²) in [5.41, 5.74) is 0. The highest BCUT2D eigenvalue weighted by Crippen LogP contribution is 2.10. The molecular weight excluding hydrogens is 404 g/mol. The van der Waals surface area contributed by atoms with Crippen LogP contribution in [0.4, 0.5) is 0 Å². The molecule has 0 atom stereocenters. The second-order valence-electron chi connectivity index (χ2n) is 5.68. The summed E-state index contributed by atoms with van der Waals surface area (Å²) in [6.07, 6.45) is 5.73. The van der Waals surface area contributed by atoms with Crippen LogP contribution in [0.3, 0.4) is 0 Å². The minimum absolute atomic E-state index is 0. The molecule has 0 saturated carbocycles. The van der Waals surface area contributed by atoms with Gasteiger partial charge in [0.05, 0.1) is 32.6 Å². The lowest BCUT2D eigenvalue weighted by molar-refractivity contribution is -0.925. The van der Waals surface area contributed by atoms with E-state index >= 15 is 0 Å². The Labute approximate surface area is 156 Å². The molecule has 2 aromatic rings. The fourth-order valence-corrected chi connectivity index (χ4v) is 3.05. The topological polar surface area (TPSA) is 3.88 Å². The van der Waals surface area contributed by atoms with Crippen LogP contribution in [0.5, 0.6) is 0 Å². The highest BCUT2D eigenvalue weighted by molar-refractivity contribution is 5.80. The third kappa shape index (κ3) is 5.32. The Kier molecular flexibility index (Phi) is 10.1. The second kappa shape index (κ2) is 10.3. The van der Waals surface area contributed by atoms with E-state index in [0.717, 1.165) is 6.54 Å². The van der Waals surface area contributed by atoms with E-state index in [0.29, 0.717) is 0 Å². The van der Waals surface area contributed by atoms with Gasteiger partial charge in [-0.2, -0.15) is 0 Å². The van der Waals surface area contributed by atoms with Crippen LogP contribution in [0.15, 0.2) is 42.7 Å². The molecule has 0 aliphatic carbocycles. The number of nitrogens with zero attached hydrogens (tertiary/aromatic N) is 2. The molecular formula is C18H28Br2N2. The SMILES string of the molecule is CC[N+](CC)(CC)CCC[n+]1ccc2ccccc2c1.[Br-].[Br-]. The van der Waals surface area contributed by atoms with Crippen LogP contribution in [0.25, 0.3) is 10.8 Å². The van der Waals surface area contributed by atoms with E-state index in [1.54, 1.807) is 0 Å². The first kappa shape index (κ1) is 21.6. The Morgan fingerprint density at radius 1 is 0.864 bits per heavy atom. The van der Waals surface area contributed by atoms with Gasteiger partial charge in [-0.3, -0.25) is 0 Å². The maximum atomic E-state index is 2.33. The molecule has 2 rings (SSSR count). The molecule has 0 saturated heterocycles. The summed E-state index contributed by atoms with van der Waals surface area (Å²) in [7, 11) is 0. The zero-order valence-electron chi connectivity index (χ0n) is 13.9. The molecule has 0 amide bonds. The number of halogens is 2. The summed E-state index contributed by atoms with van der Waals surface area (Å²) >= 11 is 0. The van der Waals surface area contributed by atoms with Crippen LogP contribution < -0.4 is 38.5 Å². The predicted octanol–water partition coefficient (Wildman–Crippen LogP) is -2.60. The van der Waals surface area contributed by atoms with Crippen molar-refractivity contribution in [2.75, 3.05) is 26.2 Å². The van der Waals surface area contributed by atoms with E-state index in [4.69, 9.17) is 0 Å². The lowest BCUT2D eigenvalue weighted by Gasteiger charge is -2.35. The minimum Gasteiger partial charge on any atom is -1.00 e. The number of rotatable bonds is 7. The molecule has 2 nitrogen and oxygen atoms in total. The number of fused-ring (bicyclic) bond motifs is 1. The maximum absolute atomic E-state index is 2.33. The van der Waals surface area contributed by atoms with Gasteiger partial charge in [0.2, 0.25) is 0 Å². The lowest BCUT2D eigenvalue weighted by Crippen LogP contribution is -3.00. The first-order chi connectivity index (χ1) is 9.73. The molecule has 0 bridgehead atoms. The molecule has 1 heterocycles. The predicted molar refractivity (Wildman–Crippen MR) is 85.5 cm³/mol. The van der Waals surface area contributed by atoms with Gasteiger partial charge in [0.1, 0.15) is 0 Å². The number of pyridine rings is 1. The summed E-state index contributed by atoms with van der Waals surface area (Å²) < 4.78 is 3.58. The molecule has 1 aromatic carbocycles. The van der Waals surface area contributed by atoms with Crippen LogP contribution in [0.2, 0.25) is 0 Å². The van der Waals surface area contributed by atoms with Gasteiger partial charge in [-0.1, -0.05) is 18.2 Å². The van der Waals surface area contributed by atoms with E-state index in [1.165, 1.54) is 47.9 Å². The van der Waals surface area contributed by atoms with Crippen LogP contribution >= 0.6 is 0 Å². The zero-order chi connectivity index (χ0) is 14.4. The normalized spacial score (nSPS) is 10.9. The van der Waals surface area contributed by atoms with Crippen molar-refractivity contribution in [2.45, 2.75) is 33.7 Å². The summed E-state index contributed by atoms with van der Waals surface area (Å²) in [6, 6.07) is 10.8. The van der Waals surface area contributed by atoms with Gasteiger partial charge in [-0.15, -0.1) is 0 Å². The summed E-state index contributed by atoms with van der Waals surface area (Å²) in [6.45, 7) is 13.1. The van der Waals surface area contributed by atoms with Gasteiger partial charge in [-0.25, -0.2) is 4.57 Å². The highest BCUT2D eigenvalue weighted by Gasteiger charge is 2.20. The van der Waals surface area contributed by atoms with Crippen molar-refractivity contribution in [3.8, 4) is 0 Å². The number of hydrogen-bond donors (Lipinski definition) is 0. The number of aromatic nitrogens is 1. The van der Waals surface area contributed by atoms with E-state index < -0.39 is 0 Å². The largest absolute Gasteiger partial charge is 1.00 e. The molecule has 0 spiro atoms. The van der Waals surface area contributed by atoms with E-state index in [2.05, 4.69) is 68.1 Å². The van der Waals surface area contributed by atoms with Crippen molar-refractivity contribution in [3.63, 3.8) is 0 Å². The average Bonchev–Trinajstić information content (AvgIpc) is 2.52. The Balaban J connectivity index is 0.00000220. The van der Waals surface area contributed by atoms with Crippen LogP contribution in [0.1, 0.15) is 27.2 Å². The summed E-state index contributed by atoms with van der Waals surface area (Å²) in [5.74, 6) is 0. The molecule has 0 unspecified atom stereocenters. The third-order valence-electron chi connectivity index (χ3n) is 4.81. The van der Waals surface area contributed by atoms with Crippen molar-refractivity contribution >= 4 is 10.8 Å². The number of benzene rings is 1. The Hall–Kier alpha value is -0.450. The van der Waals surface area contributed by atoms with E-state index in [-0.39, 0.29) is 34.0 Å². The van der Waals surface area contributed by atoms with Gasteiger partial charge in [0.15, 0.2) is 18.9 Å². The van der Waals surface area contributed by atoms with Gasteiger partial charge >= 0.3 is 0 Å². The van der Waals surface area contributed by atoms with Crippen molar-refractivity contribution in [3.05, 3.63) is 42.7 Å². The molecule has 0 fully saturated rings. The second-order valence-corrected chi connectivity index (χ2v) is 5.68. The van der Waals surface area contributed by atoms with Crippen molar-refractivity contribution in [2.24, 2.45) is 0 Å². The van der Waals surface area contributed by atoms with Gasteiger partial charge in [-0.05, 0) is 32.2 Å². The zero-order valence-corrected chi connectivity index (χ0v) is 17.1. The Morgan fingerprint density at radius 2 is 1.45 bits per heavy atom. The molecule has 0 N–H and O–H groups in total. The Morgan fingerprint density at radius 3 is 2.05 bits per heavy atom. The first-order valence-electron chi connectivity index (χ1n) is 7.96. The molecule has 1 aromatic heterocycles. The summed E-state index contributed by atoms with van der Waals surface area (Å²) in [5, 5.41) is 2.65. The molecule has 0 aliphatic heterocycles. The number of aryl methyl sites for hydroxylation is 1. The number of quaternary nitrogens is 1. The highest BCUT2D eigenvalue weighted by atomic mass is 79.9. The molecule has 124 valence electrons. The first-order valence-corrected chi connectivity index (χ1v) is 7.96. The molecule has 0 aliphatic rings. The van der Waals surface area contributed by atoms with E-state index in [1.807, 2.05) is 0 Å². The fraction of sp³-hybridized carbons (Fsp3) is 0.500. The standard InChI is InChI=1S/C18H28N2.2BrH/c1-4-20(5-2,6-3)15-9-13-19-14-12-17-10-7-8-11-18(17)16-19;;/h7-8,10-12,14,16H,4-6,9,13,15H2,1-3H3;2*1H/q+2;;/p-2. The fourth-order valence-electron chi connectivity index (χ4n) is 3.05. The van der Waals surface area contributed by atoms with Crippen LogP contribution in [-0.2, 0) is 6.54 Å². The van der Waals surface area contributed by atoms with Crippen molar-refractivity contribution in [1.82, 2.24) is 0 Å². The Bertz CT molecular complexity index is 545. The van der Waals surface area contributed by atoms with E-state index in [9.17, 15) is 0 Å². The lowest BCUT2D eigenvalue weighted by atomic mass is 10.2. The van der Waals surface area contributed by atoms with Crippen LogP contribution in [-0.4, -0.2) is 30.7 Å². The van der Waals surface area contributed by atoms with Crippen molar-refractivity contribution < 1.29 is 43.0 Å². The maximum Gasteiger partial charge on any atom is 0.176 e. The quantitative estimate of drug-likeness (QED) is 0.334. The smallest absolute Gasteiger partial charge is 0.176 e. The van der Waals surface area contributed by atoms with Gasteiger partial charge < -0.3 is 38.4 Å². The van der Waals surface area contributed by atoms with Gasteiger partial charge in [0, 0.05) is 11.5 Å². The third-order valence-corrected chi connectivity index (χ3v) is 4.81. The van der Waals surface area contributed by atoms with Crippen LogP contribution in [0, 0.1) is 0 Å². The summed E-state index contributed by atoms with van der Waals surface area (Å²) in [4.78, 5) is 0. The molecule has 0 radical (unpaired) electrons. The number of hydrogen-bond acceptors (Lipinski definition) is 0. The molecule has 22 heavy (non-hydrogen) atoms. The van der Waals surface area contributed by atoms with Gasteiger partial charge in [0.25, 0.3) is 0 Å².